The van der Waals surface area contributed by atoms with Crippen LogP contribution in [0.2, 0.25) is 5.02 Å². The van der Waals surface area contributed by atoms with Gasteiger partial charge in [-0.3, -0.25) is 9.59 Å². The highest BCUT2D eigenvalue weighted by molar-refractivity contribution is 6.30. The molecule has 1 fully saturated rings. The van der Waals surface area contributed by atoms with Crippen LogP contribution in [0.3, 0.4) is 0 Å². The van der Waals surface area contributed by atoms with E-state index >= 15 is 0 Å². The average molecular weight is 452 g/mol. The maximum absolute atomic E-state index is 13.2. The summed E-state index contributed by atoms with van der Waals surface area (Å²) in [7, 11) is 0. The summed E-state index contributed by atoms with van der Waals surface area (Å²) in [6, 6.07) is 15.9. The predicted octanol–water partition coefficient (Wildman–Crippen LogP) is 4.86. The van der Waals surface area contributed by atoms with Gasteiger partial charge < -0.3 is 14.6 Å². The maximum Gasteiger partial charge on any atom is 0.332 e. The van der Waals surface area contributed by atoms with Crippen molar-refractivity contribution in [3.8, 4) is 0 Å². The summed E-state index contributed by atoms with van der Waals surface area (Å²) >= 11 is 5.94. The van der Waals surface area contributed by atoms with E-state index in [0.29, 0.717) is 22.2 Å². The van der Waals surface area contributed by atoms with Gasteiger partial charge in [-0.1, -0.05) is 30.7 Å². The molecule has 0 radical (unpaired) electrons. The van der Waals surface area contributed by atoms with Gasteiger partial charge in [0.2, 0.25) is 5.91 Å². The van der Waals surface area contributed by atoms with Crippen LogP contribution in [0.5, 0.6) is 0 Å². The SMILES string of the molecule is CCc1ccc(NC(=O)CC2C(=O)N(c3ccc(Cl)cc3)C(=O)N2Cc2ccco2)cc1. The van der Waals surface area contributed by atoms with Crippen molar-refractivity contribution in [1.82, 2.24) is 4.90 Å². The summed E-state index contributed by atoms with van der Waals surface area (Å²) < 4.78 is 5.36. The van der Waals surface area contributed by atoms with Crippen LogP contribution in [-0.4, -0.2) is 28.8 Å². The fraction of sp³-hybridized carbons (Fsp3) is 0.208. The molecule has 8 heteroatoms. The van der Waals surface area contributed by atoms with Crippen LogP contribution >= 0.6 is 11.6 Å². The lowest BCUT2D eigenvalue weighted by Crippen LogP contribution is -2.37. The Morgan fingerprint density at radius 1 is 1.06 bits per heavy atom. The monoisotopic (exact) mass is 451 g/mol. The minimum absolute atomic E-state index is 0.0742. The van der Waals surface area contributed by atoms with Crippen molar-refractivity contribution in [2.45, 2.75) is 32.4 Å². The fourth-order valence-electron chi connectivity index (χ4n) is 3.62. The number of urea groups is 1. The number of anilines is 2. The highest BCUT2D eigenvalue weighted by atomic mass is 35.5. The molecule has 1 unspecified atom stereocenters. The Morgan fingerprint density at radius 3 is 2.41 bits per heavy atom. The van der Waals surface area contributed by atoms with E-state index in [1.165, 1.54) is 11.2 Å². The van der Waals surface area contributed by atoms with Crippen LogP contribution in [0.25, 0.3) is 0 Å². The highest BCUT2D eigenvalue weighted by Crippen LogP contribution is 2.29. The highest BCUT2D eigenvalue weighted by Gasteiger charge is 2.47. The molecule has 4 rings (SSSR count). The average Bonchev–Trinajstić information content (AvgIpc) is 3.38. The smallest absolute Gasteiger partial charge is 0.332 e. The Balaban J connectivity index is 1.56. The molecule has 1 aromatic heterocycles. The number of amides is 4. The number of aryl methyl sites for hydroxylation is 1. The molecular weight excluding hydrogens is 430 g/mol. The minimum Gasteiger partial charge on any atom is -0.467 e. The van der Waals surface area contributed by atoms with Gasteiger partial charge in [0, 0.05) is 10.7 Å². The second-order valence-corrected chi connectivity index (χ2v) is 7.89. The van der Waals surface area contributed by atoms with Gasteiger partial charge in [-0.2, -0.15) is 0 Å². The van der Waals surface area contributed by atoms with Crippen molar-refractivity contribution in [2.75, 3.05) is 10.2 Å². The van der Waals surface area contributed by atoms with Gasteiger partial charge in [0.1, 0.15) is 11.8 Å². The number of nitrogens with zero attached hydrogens (tertiary/aromatic N) is 2. The molecule has 2 aromatic carbocycles. The van der Waals surface area contributed by atoms with E-state index in [0.717, 1.165) is 16.9 Å². The van der Waals surface area contributed by atoms with Crippen LogP contribution in [0.15, 0.2) is 71.3 Å². The third-order valence-corrected chi connectivity index (χ3v) is 5.59. The summed E-state index contributed by atoms with van der Waals surface area (Å²) in [6.07, 6.45) is 2.22. The number of hydrogen-bond donors (Lipinski definition) is 1. The van der Waals surface area contributed by atoms with Gasteiger partial charge in [0.25, 0.3) is 5.91 Å². The summed E-state index contributed by atoms with van der Waals surface area (Å²) in [4.78, 5) is 41.6. The Labute approximate surface area is 190 Å². The predicted molar refractivity (Wildman–Crippen MR) is 121 cm³/mol. The molecule has 0 aliphatic carbocycles. The van der Waals surface area contributed by atoms with Crippen LogP contribution in [-0.2, 0) is 22.6 Å². The topological polar surface area (TPSA) is 82.9 Å². The van der Waals surface area contributed by atoms with Gasteiger partial charge in [-0.25, -0.2) is 9.69 Å². The summed E-state index contributed by atoms with van der Waals surface area (Å²) in [6.45, 7) is 2.13. The lowest BCUT2D eigenvalue weighted by atomic mass is 10.1. The van der Waals surface area contributed by atoms with E-state index in [4.69, 9.17) is 16.0 Å². The number of carbonyl (C=O) groups excluding carboxylic acids is 3. The normalized spacial score (nSPS) is 16.0. The zero-order chi connectivity index (χ0) is 22.7. The Hall–Kier alpha value is -3.58. The number of hydrogen-bond acceptors (Lipinski definition) is 4. The van der Waals surface area contributed by atoms with Crippen LogP contribution in [0, 0.1) is 0 Å². The summed E-state index contributed by atoms with van der Waals surface area (Å²) in [5.41, 5.74) is 2.19. The maximum atomic E-state index is 13.2. The minimum atomic E-state index is -0.960. The third-order valence-electron chi connectivity index (χ3n) is 5.33. The van der Waals surface area contributed by atoms with Gasteiger partial charge in [-0.15, -0.1) is 0 Å². The van der Waals surface area contributed by atoms with E-state index in [1.54, 1.807) is 36.4 Å². The molecule has 1 N–H and O–H groups in total. The van der Waals surface area contributed by atoms with Gasteiger partial charge in [0.05, 0.1) is 24.9 Å². The molecule has 7 nitrogen and oxygen atoms in total. The Bertz CT molecular complexity index is 1110. The van der Waals surface area contributed by atoms with E-state index < -0.39 is 18.0 Å². The Morgan fingerprint density at radius 2 is 1.78 bits per heavy atom. The molecule has 1 aliphatic rings. The molecule has 164 valence electrons. The second-order valence-electron chi connectivity index (χ2n) is 7.46. The van der Waals surface area contributed by atoms with Crippen molar-refractivity contribution in [2.24, 2.45) is 0 Å². The van der Waals surface area contributed by atoms with Crippen LogP contribution < -0.4 is 10.2 Å². The number of nitrogens with one attached hydrogen (secondary N) is 1. The van der Waals surface area contributed by atoms with E-state index in [2.05, 4.69) is 12.2 Å². The van der Waals surface area contributed by atoms with Gasteiger partial charge in [-0.05, 0) is 60.5 Å². The lowest BCUT2D eigenvalue weighted by molar-refractivity contribution is -0.124. The molecule has 0 spiro atoms. The first-order valence-corrected chi connectivity index (χ1v) is 10.7. The second kappa shape index (κ2) is 9.28. The number of benzene rings is 2. The van der Waals surface area contributed by atoms with Gasteiger partial charge in [0.15, 0.2) is 0 Å². The van der Waals surface area contributed by atoms with Crippen molar-refractivity contribution in [1.29, 1.82) is 0 Å². The zero-order valence-corrected chi connectivity index (χ0v) is 18.2. The molecule has 1 atom stereocenters. The first-order chi connectivity index (χ1) is 15.5. The van der Waals surface area contributed by atoms with E-state index in [-0.39, 0.29) is 18.9 Å². The standard InChI is InChI=1S/C24H22ClN3O4/c1-2-16-5-9-18(10-6-16)26-22(29)14-21-23(30)28(19-11-7-17(25)8-12-19)24(31)27(21)15-20-4-3-13-32-20/h3-13,21H,2,14-15H2,1H3,(H,26,29). The molecule has 3 aromatic rings. The number of imide groups is 1. The number of furan rings is 1. The first-order valence-electron chi connectivity index (χ1n) is 10.3. The molecule has 0 saturated carbocycles. The molecule has 1 saturated heterocycles. The zero-order valence-electron chi connectivity index (χ0n) is 17.5. The number of halogens is 1. The number of rotatable bonds is 7. The van der Waals surface area contributed by atoms with E-state index in [1.807, 2.05) is 24.3 Å². The molecule has 2 heterocycles. The number of carbonyl (C=O) groups is 3. The molecule has 1 aliphatic heterocycles. The van der Waals surface area contributed by atoms with E-state index in [9.17, 15) is 14.4 Å². The fourth-order valence-corrected chi connectivity index (χ4v) is 3.75. The largest absolute Gasteiger partial charge is 0.467 e. The summed E-state index contributed by atoms with van der Waals surface area (Å²) in [5, 5.41) is 3.30. The quantitative estimate of drug-likeness (QED) is 0.520. The molecule has 0 bridgehead atoms. The van der Waals surface area contributed by atoms with Crippen LogP contribution in [0.4, 0.5) is 16.2 Å². The van der Waals surface area contributed by atoms with Crippen molar-refractivity contribution in [3.63, 3.8) is 0 Å². The van der Waals surface area contributed by atoms with Crippen molar-refractivity contribution in [3.05, 3.63) is 83.3 Å². The third kappa shape index (κ3) is 4.53. The summed E-state index contributed by atoms with van der Waals surface area (Å²) in [5.74, 6) is -0.312. The Kier molecular flexibility index (Phi) is 6.28. The van der Waals surface area contributed by atoms with Gasteiger partial charge >= 0.3 is 6.03 Å². The van der Waals surface area contributed by atoms with Crippen molar-refractivity contribution < 1.29 is 18.8 Å². The molecular formula is C24H22ClN3O4. The van der Waals surface area contributed by atoms with Crippen molar-refractivity contribution >= 4 is 40.8 Å². The lowest BCUT2D eigenvalue weighted by Gasteiger charge is -2.20. The molecule has 32 heavy (non-hydrogen) atoms. The molecule has 4 amide bonds. The first kappa shape index (κ1) is 21.6. The van der Waals surface area contributed by atoms with Crippen LogP contribution in [0.1, 0.15) is 24.7 Å².